The van der Waals surface area contributed by atoms with Crippen molar-refractivity contribution in [2.75, 3.05) is 13.2 Å². The third-order valence-electron chi connectivity index (χ3n) is 4.24. The number of rotatable bonds is 11. The Kier molecular flexibility index (Phi) is 10.8. The van der Waals surface area contributed by atoms with Gasteiger partial charge in [0.05, 0.1) is 6.61 Å². The molecule has 0 radical (unpaired) electrons. The Morgan fingerprint density at radius 2 is 0.811 bits per heavy atom. The highest BCUT2D eigenvalue weighted by atomic mass is 31.2. The number of phosphoric acid groups is 1. The predicted molar refractivity (Wildman–Crippen MR) is 143 cm³/mol. The van der Waals surface area contributed by atoms with Crippen molar-refractivity contribution in [3.05, 3.63) is 121 Å². The molecule has 0 spiro atoms. The van der Waals surface area contributed by atoms with Crippen LogP contribution in [0.3, 0.4) is 0 Å². The van der Waals surface area contributed by atoms with Gasteiger partial charge in [0.2, 0.25) is 0 Å². The highest BCUT2D eigenvalue weighted by Gasteiger charge is 2.30. The van der Waals surface area contributed by atoms with Crippen molar-refractivity contribution in [2.24, 2.45) is 11.2 Å². The van der Waals surface area contributed by atoms with E-state index >= 15 is 0 Å². The molecule has 4 aromatic rings. The van der Waals surface area contributed by atoms with Crippen LogP contribution in [0.5, 0.6) is 23.0 Å². The summed E-state index contributed by atoms with van der Waals surface area (Å²) >= 11 is 0. The Morgan fingerprint density at radius 3 is 1.11 bits per heavy atom. The van der Waals surface area contributed by atoms with Crippen molar-refractivity contribution >= 4 is 15.6 Å². The molecule has 9 nitrogen and oxygen atoms in total. The summed E-state index contributed by atoms with van der Waals surface area (Å²) in [7, 11) is -7.40. The summed E-state index contributed by atoms with van der Waals surface area (Å²) in [5.41, 5.74) is 10.9. The highest BCUT2D eigenvalue weighted by molar-refractivity contribution is 7.52. The van der Waals surface area contributed by atoms with Crippen molar-refractivity contribution in [3.8, 4) is 23.0 Å². The second-order valence-electron chi connectivity index (χ2n) is 7.23. The van der Waals surface area contributed by atoms with Gasteiger partial charge in [-0.25, -0.2) is 14.6 Å². The van der Waals surface area contributed by atoms with E-state index in [1.807, 2.05) is 24.3 Å². The van der Waals surface area contributed by atoms with Gasteiger partial charge in [-0.3, -0.25) is 4.52 Å². The summed E-state index contributed by atoms with van der Waals surface area (Å²) in [4.78, 5) is 0. The molecule has 0 saturated heterocycles. The summed E-state index contributed by atoms with van der Waals surface area (Å²) in [5, 5.41) is 0. The molecule has 0 heterocycles. The van der Waals surface area contributed by atoms with Gasteiger partial charge >= 0.3 is 15.6 Å². The monoisotopic (exact) mass is 542 g/mol. The number of nitrogens with two attached hydrogens (primary N) is 2. The fourth-order valence-electron chi connectivity index (χ4n) is 2.73. The third kappa shape index (κ3) is 10.5. The van der Waals surface area contributed by atoms with Crippen molar-refractivity contribution in [1.29, 1.82) is 0 Å². The maximum atomic E-state index is 12.6. The van der Waals surface area contributed by atoms with Crippen LogP contribution in [-0.4, -0.2) is 13.2 Å². The van der Waals surface area contributed by atoms with E-state index in [1.165, 1.54) is 0 Å². The quantitative estimate of drug-likeness (QED) is 0.206. The summed E-state index contributed by atoms with van der Waals surface area (Å²) in [6.45, 7) is 0.303. The van der Waals surface area contributed by atoms with Gasteiger partial charge in [0.1, 0.15) is 23.0 Å². The summed E-state index contributed by atoms with van der Waals surface area (Å²) in [5.74, 6) is 1.64. The van der Waals surface area contributed by atoms with Gasteiger partial charge < -0.3 is 23.8 Å². The zero-order chi connectivity index (χ0) is 26.4. The van der Waals surface area contributed by atoms with Crippen LogP contribution in [0, 0.1) is 0 Å². The lowest BCUT2D eigenvalue weighted by atomic mass is 10.3. The maximum absolute atomic E-state index is 12.6. The fourth-order valence-corrected chi connectivity index (χ4v) is 4.83. The molecule has 0 unspecified atom stereocenters. The molecule has 0 aliphatic carbocycles. The molecule has 0 aliphatic heterocycles. The van der Waals surface area contributed by atoms with Crippen LogP contribution < -0.4 is 29.3 Å². The molecular formula is C26H28N2O7P2. The largest absolute Gasteiger partial charge is 0.587 e. The van der Waals surface area contributed by atoms with Crippen LogP contribution in [-0.2, 0) is 13.7 Å². The Balaban J connectivity index is 0.000000208. The average Bonchev–Trinajstić information content (AvgIpc) is 2.90. The summed E-state index contributed by atoms with van der Waals surface area (Å²) < 4.78 is 50.6. The molecule has 4 aromatic carbocycles. The van der Waals surface area contributed by atoms with Crippen LogP contribution in [0.15, 0.2) is 121 Å². The molecule has 11 heteroatoms. The first-order valence-corrected chi connectivity index (χ1v) is 14.3. The minimum atomic E-state index is -3.76. The first-order valence-electron chi connectivity index (χ1n) is 11.2. The van der Waals surface area contributed by atoms with Gasteiger partial charge in [0.15, 0.2) is 0 Å². The minimum absolute atomic E-state index is 0.0803. The van der Waals surface area contributed by atoms with Gasteiger partial charge in [-0.1, -0.05) is 72.8 Å². The van der Waals surface area contributed by atoms with Crippen molar-refractivity contribution in [1.82, 2.24) is 0 Å². The molecule has 0 aliphatic rings. The van der Waals surface area contributed by atoms with Gasteiger partial charge in [-0.05, 0) is 48.5 Å². The lowest BCUT2D eigenvalue weighted by Crippen LogP contribution is -2.12. The van der Waals surface area contributed by atoms with E-state index < -0.39 is 15.6 Å². The van der Waals surface area contributed by atoms with Gasteiger partial charge in [0.25, 0.3) is 0 Å². The second-order valence-corrected chi connectivity index (χ2v) is 10.2. The topological polar surface area (TPSA) is 132 Å². The summed E-state index contributed by atoms with van der Waals surface area (Å²) in [6, 6.07) is 34.8. The Morgan fingerprint density at radius 1 is 0.514 bits per heavy atom. The van der Waals surface area contributed by atoms with Crippen LogP contribution in [0.2, 0.25) is 0 Å². The van der Waals surface area contributed by atoms with E-state index in [0.29, 0.717) is 23.0 Å². The molecule has 0 fully saturated rings. The Hall–Kier alpha value is -3.58. The van der Waals surface area contributed by atoms with Gasteiger partial charge in [-0.2, -0.15) is 0 Å². The number of para-hydroxylation sites is 4. The lowest BCUT2D eigenvalue weighted by molar-refractivity contribution is 0.215. The normalized spacial score (nSPS) is 11.0. The van der Waals surface area contributed by atoms with E-state index in [0.717, 1.165) is 0 Å². The van der Waals surface area contributed by atoms with Crippen molar-refractivity contribution in [2.45, 2.75) is 0 Å². The molecular weight excluding hydrogens is 514 g/mol. The zero-order valence-electron chi connectivity index (χ0n) is 19.9. The second kappa shape index (κ2) is 14.2. The molecule has 4 rings (SSSR count). The highest BCUT2D eigenvalue weighted by Crippen LogP contribution is 2.49. The smallest absolute Gasteiger partial charge is 0.405 e. The Bertz CT molecular complexity index is 1190. The average molecular weight is 542 g/mol. The van der Waals surface area contributed by atoms with E-state index in [1.54, 1.807) is 97.1 Å². The molecule has 0 bridgehead atoms. The first kappa shape index (κ1) is 28.0. The lowest BCUT2D eigenvalue weighted by Gasteiger charge is -2.18. The third-order valence-corrected chi connectivity index (χ3v) is 6.54. The summed E-state index contributed by atoms with van der Waals surface area (Å²) in [6.07, 6.45) is 0. The van der Waals surface area contributed by atoms with Gasteiger partial charge in [0, 0.05) is 6.54 Å². The first-order chi connectivity index (χ1) is 17.9. The predicted octanol–water partition coefficient (Wildman–Crippen LogP) is 6.44. The molecule has 0 atom stereocenters. The zero-order valence-corrected chi connectivity index (χ0v) is 21.7. The van der Waals surface area contributed by atoms with Gasteiger partial charge in [-0.15, -0.1) is 0 Å². The van der Waals surface area contributed by atoms with Crippen molar-refractivity contribution < 1.29 is 31.7 Å². The standard InChI is InChI=1S/C14H16NO4P.C12H12NO3P/c15-11-12-17-20(16,18-13-7-3-1-4-8-13)19-14-9-5-2-6-10-14;13-17(14,15-11-7-3-1-4-8-11)16-12-9-5-2-6-10-12/h1-10H,11-12,15H2;1-10H,(H2,13,14). The van der Waals surface area contributed by atoms with Crippen LogP contribution in [0.1, 0.15) is 0 Å². The molecule has 37 heavy (non-hydrogen) atoms. The van der Waals surface area contributed by atoms with E-state index in [9.17, 15) is 9.13 Å². The van der Waals surface area contributed by atoms with Crippen molar-refractivity contribution in [3.63, 3.8) is 0 Å². The van der Waals surface area contributed by atoms with E-state index in [4.69, 9.17) is 33.9 Å². The molecule has 0 amide bonds. The molecule has 194 valence electrons. The number of hydrogen-bond donors (Lipinski definition) is 2. The van der Waals surface area contributed by atoms with Crippen LogP contribution in [0.4, 0.5) is 0 Å². The number of hydrogen-bond acceptors (Lipinski definition) is 8. The molecule has 4 N–H and O–H groups in total. The SMILES string of the molecule is NCCOP(=O)(Oc1ccccc1)Oc1ccccc1.NP(=O)(Oc1ccccc1)Oc1ccccc1. The van der Waals surface area contributed by atoms with Crippen LogP contribution in [0.25, 0.3) is 0 Å². The van der Waals surface area contributed by atoms with E-state index in [2.05, 4.69) is 0 Å². The molecule has 0 aromatic heterocycles. The van der Waals surface area contributed by atoms with Crippen LogP contribution >= 0.6 is 15.6 Å². The van der Waals surface area contributed by atoms with E-state index in [-0.39, 0.29) is 13.2 Å². The Labute approximate surface area is 216 Å². The number of phosphoric ester groups is 1. The molecule has 0 saturated carbocycles. The fraction of sp³-hybridized carbons (Fsp3) is 0.0769. The minimum Gasteiger partial charge on any atom is -0.405 e. The number of benzene rings is 4. The maximum Gasteiger partial charge on any atom is 0.587 e.